The molecule has 1 nitrogen and oxygen atoms in total. The number of hydrogen-bond acceptors (Lipinski definition) is 1. The molecule has 0 aromatic rings. The lowest BCUT2D eigenvalue weighted by molar-refractivity contribution is 0.116. The van der Waals surface area contributed by atoms with Gasteiger partial charge in [0.25, 0.3) is 0 Å². The summed E-state index contributed by atoms with van der Waals surface area (Å²) in [6.07, 6.45) is 10.4. The molecule has 1 saturated carbocycles. The molecule has 0 aromatic heterocycles. The minimum Gasteiger partial charge on any atom is -0.402 e. The fourth-order valence-electron chi connectivity index (χ4n) is 2.09. The number of rotatable bonds is 0. The summed E-state index contributed by atoms with van der Waals surface area (Å²) < 4.78 is 0. The van der Waals surface area contributed by atoms with Crippen molar-refractivity contribution in [2.75, 3.05) is 0 Å². The standard InChI is InChI=1S/C9H15N/c10-8-2-6-9(7-3-8)4-1-5-9/h2H,1,3-7,10H2. The molecular weight excluding hydrogens is 122 g/mol. The van der Waals surface area contributed by atoms with Gasteiger partial charge in [0, 0.05) is 5.70 Å². The zero-order valence-electron chi connectivity index (χ0n) is 6.40. The monoisotopic (exact) mass is 137 g/mol. The van der Waals surface area contributed by atoms with Crippen LogP contribution in [0.25, 0.3) is 0 Å². The van der Waals surface area contributed by atoms with E-state index in [4.69, 9.17) is 5.73 Å². The average molecular weight is 137 g/mol. The lowest BCUT2D eigenvalue weighted by Gasteiger charge is -2.43. The molecule has 1 spiro atoms. The lowest BCUT2D eigenvalue weighted by Crippen LogP contribution is -2.31. The van der Waals surface area contributed by atoms with Crippen molar-refractivity contribution in [3.8, 4) is 0 Å². The average Bonchev–Trinajstić information content (AvgIpc) is 1.86. The Morgan fingerprint density at radius 3 is 2.50 bits per heavy atom. The molecule has 1 heteroatoms. The zero-order chi connectivity index (χ0) is 7.03. The highest BCUT2D eigenvalue weighted by atomic mass is 14.6. The number of hydrogen-bond donors (Lipinski definition) is 1. The third-order valence-corrected chi connectivity index (χ3v) is 3.16. The van der Waals surface area contributed by atoms with Crippen molar-refractivity contribution in [3.05, 3.63) is 11.8 Å². The largest absolute Gasteiger partial charge is 0.402 e. The second-order valence-electron chi connectivity index (χ2n) is 3.84. The smallest absolute Gasteiger partial charge is 0.00403 e. The van der Waals surface area contributed by atoms with Crippen LogP contribution in [-0.4, -0.2) is 0 Å². The third kappa shape index (κ3) is 0.845. The number of allylic oxidation sites excluding steroid dienone is 2. The van der Waals surface area contributed by atoms with Crippen molar-refractivity contribution in [1.29, 1.82) is 0 Å². The van der Waals surface area contributed by atoms with Crippen molar-refractivity contribution in [2.45, 2.75) is 38.5 Å². The van der Waals surface area contributed by atoms with E-state index in [1.807, 2.05) is 0 Å². The summed E-state index contributed by atoms with van der Waals surface area (Å²) in [6.45, 7) is 0. The van der Waals surface area contributed by atoms with E-state index < -0.39 is 0 Å². The van der Waals surface area contributed by atoms with Crippen LogP contribution in [0.1, 0.15) is 38.5 Å². The van der Waals surface area contributed by atoms with Gasteiger partial charge in [-0.15, -0.1) is 0 Å². The Hall–Kier alpha value is -0.460. The van der Waals surface area contributed by atoms with Crippen LogP contribution in [0.3, 0.4) is 0 Å². The summed E-state index contributed by atoms with van der Waals surface area (Å²) in [5, 5.41) is 0. The summed E-state index contributed by atoms with van der Waals surface area (Å²) in [6, 6.07) is 0. The van der Waals surface area contributed by atoms with Gasteiger partial charge in [0.1, 0.15) is 0 Å². The van der Waals surface area contributed by atoms with E-state index >= 15 is 0 Å². The predicted octanol–water partition coefficient (Wildman–Crippen LogP) is 2.18. The van der Waals surface area contributed by atoms with Crippen molar-refractivity contribution in [2.24, 2.45) is 11.1 Å². The van der Waals surface area contributed by atoms with Gasteiger partial charge in [-0.05, 0) is 37.5 Å². The molecule has 2 N–H and O–H groups in total. The molecule has 2 rings (SSSR count). The predicted molar refractivity (Wildman–Crippen MR) is 42.4 cm³/mol. The Labute approximate surface area is 62.3 Å². The van der Waals surface area contributed by atoms with Crippen LogP contribution in [0.5, 0.6) is 0 Å². The molecular formula is C9H15N. The topological polar surface area (TPSA) is 26.0 Å². The highest BCUT2D eigenvalue weighted by Gasteiger charge is 2.36. The summed E-state index contributed by atoms with van der Waals surface area (Å²) in [5.41, 5.74) is 7.54. The summed E-state index contributed by atoms with van der Waals surface area (Å²) >= 11 is 0. The van der Waals surface area contributed by atoms with Crippen LogP contribution >= 0.6 is 0 Å². The maximum absolute atomic E-state index is 5.70. The maximum atomic E-state index is 5.70. The van der Waals surface area contributed by atoms with E-state index in [-0.39, 0.29) is 0 Å². The van der Waals surface area contributed by atoms with Crippen LogP contribution in [0.2, 0.25) is 0 Å². The summed E-state index contributed by atoms with van der Waals surface area (Å²) in [5.74, 6) is 0. The van der Waals surface area contributed by atoms with Gasteiger partial charge in [-0.25, -0.2) is 0 Å². The van der Waals surface area contributed by atoms with Crippen LogP contribution in [0.15, 0.2) is 11.8 Å². The van der Waals surface area contributed by atoms with Gasteiger partial charge in [-0.2, -0.15) is 0 Å². The Balaban J connectivity index is 2.04. The molecule has 0 radical (unpaired) electrons. The van der Waals surface area contributed by atoms with E-state index in [0.29, 0.717) is 0 Å². The Morgan fingerprint density at radius 1 is 1.30 bits per heavy atom. The Bertz CT molecular complexity index is 166. The van der Waals surface area contributed by atoms with E-state index in [0.717, 1.165) is 17.5 Å². The minimum absolute atomic E-state index is 0.725. The van der Waals surface area contributed by atoms with Crippen LogP contribution in [-0.2, 0) is 0 Å². The normalized spacial score (nSPS) is 29.4. The molecule has 0 atom stereocenters. The van der Waals surface area contributed by atoms with Gasteiger partial charge >= 0.3 is 0 Å². The first-order valence-electron chi connectivity index (χ1n) is 4.25. The van der Waals surface area contributed by atoms with E-state index in [1.165, 1.54) is 32.1 Å². The van der Waals surface area contributed by atoms with Crippen molar-refractivity contribution in [3.63, 3.8) is 0 Å². The summed E-state index contributed by atoms with van der Waals surface area (Å²) in [4.78, 5) is 0. The first kappa shape index (κ1) is 6.26. The van der Waals surface area contributed by atoms with E-state index in [2.05, 4.69) is 6.08 Å². The van der Waals surface area contributed by atoms with Gasteiger partial charge in [0.2, 0.25) is 0 Å². The molecule has 56 valence electrons. The van der Waals surface area contributed by atoms with Crippen LogP contribution in [0.4, 0.5) is 0 Å². The minimum atomic E-state index is 0.725. The summed E-state index contributed by atoms with van der Waals surface area (Å²) in [7, 11) is 0. The molecule has 1 fully saturated rings. The highest BCUT2D eigenvalue weighted by molar-refractivity contribution is 5.08. The number of nitrogens with two attached hydrogens (primary N) is 1. The fraction of sp³-hybridized carbons (Fsp3) is 0.778. The Morgan fingerprint density at radius 2 is 2.10 bits per heavy atom. The second-order valence-corrected chi connectivity index (χ2v) is 3.84. The molecule has 0 aliphatic heterocycles. The highest BCUT2D eigenvalue weighted by Crippen LogP contribution is 2.50. The van der Waals surface area contributed by atoms with Gasteiger partial charge in [-0.3, -0.25) is 0 Å². The lowest BCUT2D eigenvalue weighted by atomic mass is 9.62. The van der Waals surface area contributed by atoms with Gasteiger partial charge in [0.15, 0.2) is 0 Å². The molecule has 2 aliphatic rings. The van der Waals surface area contributed by atoms with Crippen molar-refractivity contribution in [1.82, 2.24) is 0 Å². The van der Waals surface area contributed by atoms with Crippen LogP contribution in [0, 0.1) is 5.41 Å². The molecule has 0 amide bonds. The van der Waals surface area contributed by atoms with Crippen molar-refractivity contribution < 1.29 is 0 Å². The van der Waals surface area contributed by atoms with Crippen LogP contribution < -0.4 is 5.73 Å². The first-order valence-corrected chi connectivity index (χ1v) is 4.25. The van der Waals surface area contributed by atoms with Gasteiger partial charge < -0.3 is 5.73 Å². The van der Waals surface area contributed by atoms with Gasteiger partial charge in [0.05, 0.1) is 0 Å². The molecule has 0 saturated heterocycles. The Kier molecular flexibility index (Phi) is 1.26. The molecule has 0 unspecified atom stereocenters. The molecule has 2 aliphatic carbocycles. The molecule has 10 heavy (non-hydrogen) atoms. The third-order valence-electron chi connectivity index (χ3n) is 3.16. The zero-order valence-corrected chi connectivity index (χ0v) is 6.40. The maximum Gasteiger partial charge on any atom is 0.00403 e. The molecule has 0 aromatic carbocycles. The fourth-order valence-corrected chi connectivity index (χ4v) is 2.09. The first-order chi connectivity index (χ1) is 4.81. The van der Waals surface area contributed by atoms with E-state index in [9.17, 15) is 0 Å². The SMILES string of the molecule is NC1=CCC2(CCC2)CC1. The quantitative estimate of drug-likeness (QED) is 0.544. The second kappa shape index (κ2) is 2.01. The van der Waals surface area contributed by atoms with Gasteiger partial charge in [-0.1, -0.05) is 12.5 Å². The van der Waals surface area contributed by atoms with E-state index in [1.54, 1.807) is 0 Å². The molecule has 0 bridgehead atoms. The molecule has 0 heterocycles. The van der Waals surface area contributed by atoms with Crippen molar-refractivity contribution >= 4 is 0 Å².